The van der Waals surface area contributed by atoms with Crippen LogP contribution in [0.15, 0.2) is 24.3 Å². The summed E-state index contributed by atoms with van der Waals surface area (Å²) < 4.78 is 5.27. The monoisotopic (exact) mass is 316 g/mol. The molecular formula is C18H24N2O3. The molecule has 0 unspecified atom stereocenters. The highest BCUT2D eigenvalue weighted by Gasteiger charge is 2.16. The number of ether oxygens (including phenoxy) is 1. The van der Waals surface area contributed by atoms with E-state index in [1.54, 1.807) is 24.3 Å². The van der Waals surface area contributed by atoms with Crippen LogP contribution in [0.25, 0.3) is 0 Å². The molecule has 1 aromatic rings. The van der Waals surface area contributed by atoms with Gasteiger partial charge in [0.25, 0.3) is 5.91 Å². The Kier molecular flexibility index (Phi) is 6.92. The van der Waals surface area contributed by atoms with E-state index in [9.17, 15) is 9.90 Å². The zero-order valence-electron chi connectivity index (χ0n) is 13.3. The Bertz CT molecular complexity index is 528. The minimum Gasteiger partial charge on any atom is -0.481 e. The molecule has 2 rings (SSSR count). The maximum absolute atomic E-state index is 12.0. The molecule has 0 radical (unpaired) electrons. The van der Waals surface area contributed by atoms with Crippen molar-refractivity contribution in [3.63, 3.8) is 0 Å². The lowest BCUT2D eigenvalue weighted by molar-refractivity contribution is 0.0816. The van der Waals surface area contributed by atoms with Gasteiger partial charge in [-0.2, -0.15) is 0 Å². The van der Waals surface area contributed by atoms with Gasteiger partial charge in [0.15, 0.2) is 0 Å². The molecular weight excluding hydrogens is 292 g/mol. The number of nitrogens with one attached hydrogen (secondary N) is 1. The van der Waals surface area contributed by atoms with Crippen molar-refractivity contribution in [2.75, 3.05) is 32.8 Å². The minimum absolute atomic E-state index is 0.0810. The van der Waals surface area contributed by atoms with Crippen molar-refractivity contribution in [2.24, 2.45) is 0 Å². The van der Waals surface area contributed by atoms with E-state index in [0.29, 0.717) is 17.9 Å². The molecule has 0 saturated carbocycles. The van der Waals surface area contributed by atoms with Gasteiger partial charge in [0, 0.05) is 25.2 Å². The number of hydrogen-bond acceptors (Lipinski definition) is 4. The second-order valence-electron chi connectivity index (χ2n) is 5.70. The van der Waals surface area contributed by atoms with E-state index in [1.165, 1.54) is 0 Å². The van der Waals surface area contributed by atoms with Gasteiger partial charge >= 0.3 is 0 Å². The normalized spacial score (nSPS) is 15.8. The summed E-state index contributed by atoms with van der Waals surface area (Å²) in [5, 5.41) is 12.4. The quantitative estimate of drug-likeness (QED) is 0.587. The summed E-state index contributed by atoms with van der Waals surface area (Å²) in [5.41, 5.74) is 0.610. The Morgan fingerprint density at radius 3 is 2.70 bits per heavy atom. The van der Waals surface area contributed by atoms with Gasteiger partial charge in [-0.1, -0.05) is 5.92 Å². The molecule has 1 fully saturated rings. The molecule has 23 heavy (non-hydrogen) atoms. The number of likely N-dealkylation sites (tertiary alicyclic amines) is 1. The maximum Gasteiger partial charge on any atom is 0.251 e. The molecule has 2 N–H and O–H groups in total. The minimum atomic E-state index is -0.140. The van der Waals surface area contributed by atoms with Crippen LogP contribution in [0.5, 0.6) is 5.75 Å². The predicted molar refractivity (Wildman–Crippen MR) is 89.4 cm³/mol. The fourth-order valence-corrected chi connectivity index (χ4v) is 2.58. The van der Waals surface area contributed by atoms with E-state index in [1.807, 2.05) is 0 Å². The lowest BCUT2D eigenvalue weighted by atomic mass is 10.1. The van der Waals surface area contributed by atoms with Crippen molar-refractivity contribution in [1.82, 2.24) is 10.2 Å². The summed E-state index contributed by atoms with van der Waals surface area (Å²) in [5.74, 6) is 2.98. The Morgan fingerprint density at radius 1 is 1.35 bits per heavy atom. The second kappa shape index (κ2) is 9.19. The standard InChI is InChI=1S/C18H24N2O3/c1-2-14-23-17-6-4-15(5-7-17)18(22)19-10-3-11-20-12-8-16(21)9-13-20/h1,4-7,16,21H,3,8-14H2,(H,19,22). The van der Waals surface area contributed by atoms with E-state index >= 15 is 0 Å². The molecule has 0 spiro atoms. The van der Waals surface area contributed by atoms with Gasteiger partial charge in [-0.25, -0.2) is 0 Å². The molecule has 5 nitrogen and oxygen atoms in total. The first-order valence-corrected chi connectivity index (χ1v) is 8.04. The van der Waals surface area contributed by atoms with Crippen LogP contribution in [0, 0.1) is 12.3 Å². The highest BCUT2D eigenvalue weighted by Crippen LogP contribution is 2.12. The average molecular weight is 316 g/mol. The molecule has 0 bridgehead atoms. The molecule has 0 atom stereocenters. The molecule has 0 aliphatic carbocycles. The Balaban J connectivity index is 1.65. The number of piperidine rings is 1. The van der Waals surface area contributed by atoms with Crippen molar-refractivity contribution in [3.05, 3.63) is 29.8 Å². The molecule has 1 heterocycles. The van der Waals surface area contributed by atoms with Crippen LogP contribution in [0.2, 0.25) is 0 Å². The average Bonchev–Trinajstić information content (AvgIpc) is 2.58. The van der Waals surface area contributed by atoms with Crippen molar-refractivity contribution in [3.8, 4) is 18.1 Å². The highest BCUT2D eigenvalue weighted by atomic mass is 16.5. The zero-order chi connectivity index (χ0) is 16.5. The van der Waals surface area contributed by atoms with E-state index in [0.717, 1.165) is 38.9 Å². The Labute approximate surface area is 137 Å². The number of rotatable bonds is 7. The summed E-state index contributed by atoms with van der Waals surface area (Å²) in [4.78, 5) is 14.4. The van der Waals surface area contributed by atoms with E-state index in [-0.39, 0.29) is 18.6 Å². The van der Waals surface area contributed by atoms with Gasteiger partial charge in [0.05, 0.1) is 6.10 Å². The molecule has 1 aliphatic rings. The number of amides is 1. The van der Waals surface area contributed by atoms with Crippen LogP contribution < -0.4 is 10.1 Å². The van der Waals surface area contributed by atoms with Gasteiger partial charge in [-0.3, -0.25) is 4.79 Å². The van der Waals surface area contributed by atoms with Gasteiger partial charge in [-0.05, 0) is 50.1 Å². The first-order chi connectivity index (χ1) is 11.2. The summed E-state index contributed by atoms with van der Waals surface area (Å²) in [6.45, 7) is 3.70. The first kappa shape index (κ1) is 17.3. The van der Waals surface area contributed by atoms with Crippen LogP contribution >= 0.6 is 0 Å². The SMILES string of the molecule is C#CCOc1ccc(C(=O)NCCCN2CCC(O)CC2)cc1. The molecule has 5 heteroatoms. The molecule has 1 aromatic carbocycles. The highest BCUT2D eigenvalue weighted by molar-refractivity contribution is 5.94. The van der Waals surface area contributed by atoms with Crippen LogP contribution in [0.4, 0.5) is 0 Å². The molecule has 0 aromatic heterocycles. The van der Waals surface area contributed by atoms with E-state index < -0.39 is 0 Å². The van der Waals surface area contributed by atoms with Gasteiger partial charge in [0.1, 0.15) is 12.4 Å². The van der Waals surface area contributed by atoms with Gasteiger partial charge in [-0.15, -0.1) is 6.42 Å². The summed E-state index contributed by atoms with van der Waals surface area (Å²) in [6.07, 6.45) is 7.59. The Morgan fingerprint density at radius 2 is 2.04 bits per heavy atom. The topological polar surface area (TPSA) is 61.8 Å². The number of aliphatic hydroxyl groups excluding tert-OH is 1. The number of terminal acetylenes is 1. The third-order valence-electron chi connectivity index (χ3n) is 3.93. The maximum atomic E-state index is 12.0. The van der Waals surface area contributed by atoms with E-state index in [4.69, 9.17) is 11.2 Å². The summed E-state index contributed by atoms with van der Waals surface area (Å²) in [6, 6.07) is 6.94. The second-order valence-corrected chi connectivity index (χ2v) is 5.70. The third-order valence-corrected chi connectivity index (χ3v) is 3.93. The fraction of sp³-hybridized carbons (Fsp3) is 0.500. The first-order valence-electron chi connectivity index (χ1n) is 8.04. The number of hydrogen-bond donors (Lipinski definition) is 2. The number of aliphatic hydroxyl groups is 1. The molecule has 1 aliphatic heterocycles. The van der Waals surface area contributed by atoms with Gasteiger partial charge < -0.3 is 20.1 Å². The lowest BCUT2D eigenvalue weighted by Gasteiger charge is -2.29. The molecule has 1 saturated heterocycles. The fourth-order valence-electron chi connectivity index (χ4n) is 2.58. The number of benzene rings is 1. The third kappa shape index (κ3) is 5.93. The number of carbonyl (C=O) groups is 1. The number of nitrogens with zero attached hydrogens (tertiary/aromatic N) is 1. The number of carbonyl (C=O) groups excluding carboxylic acids is 1. The smallest absolute Gasteiger partial charge is 0.251 e. The van der Waals surface area contributed by atoms with Crippen LogP contribution in [-0.4, -0.2) is 54.8 Å². The van der Waals surface area contributed by atoms with Crippen molar-refractivity contribution in [1.29, 1.82) is 0 Å². The Hall–Kier alpha value is -2.03. The van der Waals surface area contributed by atoms with Crippen molar-refractivity contribution < 1.29 is 14.6 Å². The van der Waals surface area contributed by atoms with Crippen molar-refractivity contribution in [2.45, 2.75) is 25.4 Å². The predicted octanol–water partition coefficient (Wildman–Crippen LogP) is 1.28. The molecule has 1 amide bonds. The largest absolute Gasteiger partial charge is 0.481 e. The summed E-state index contributed by atoms with van der Waals surface area (Å²) in [7, 11) is 0. The zero-order valence-corrected chi connectivity index (χ0v) is 13.3. The molecule has 124 valence electrons. The summed E-state index contributed by atoms with van der Waals surface area (Å²) >= 11 is 0. The van der Waals surface area contributed by atoms with Gasteiger partial charge in [0.2, 0.25) is 0 Å². The van der Waals surface area contributed by atoms with Crippen LogP contribution in [0.3, 0.4) is 0 Å². The van der Waals surface area contributed by atoms with Crippen LogP contribution in [0.1, 0.15) is 29.6 Å². The van der Waals surface area contributed by atoms with Crippen LogP contribution in [-0.2, 0) is 0 Å². The van der Waals surface area contributed by atoms with Crippen molar-refractivity contribution >= 4 is 5.91 Å². The lowest BCUT2D eigenvalue weighted by Crippen LogP contribution is -2.37. The van der Waals surface area contributed by atoms with E-state index in [2.05, 4.69) is 16.1 Å².